The Morgan fingerprint density at radius 1 is 1.27 bits per heavy atom. The highest BCUT2D eigenvalue weighted by molar-refractivity contribution is 5.78. The van der Waals surface area contributed by atoms with Crippen LogP contribution >= 0.6 is 0 Å². The van der Waals surface area contributed by atoms with Crippen LogP contribution in [0, 0.1) is 0 Å². The van der Waals surface area contributed by atoms with Crippen molar-refractivity contribution in [1.82, 2.24) is 20.4 Å². The second-order valence-electron chi connectivity index (χ2n) is 7.33. The lowest BCUT2D eigenvalue weighted by molar-refractivity contribution is -0.122. The zero-order chi connectivity index (χ0) is 20.8. The number of hydrogen-bond donors (Lipinski definition) is 2. The largest absolute Gasteiger partial charge is 0.496 e. The summed E-state index contributed by atoms with van der Waals surface area (Å²) in [5, 5.41) is 9.71. The number of aromatic nitrogens is 2. The highest BCUT2D eigenvalue weighted by Crippen LogP contribution is 2.34. The summed E-state index contributed by atoms with van der Waals surface area (Å²) >= 11 is 0. The van der Waals surface area contributed by atoms with Crippen LogP contribution in [0.1, 0.15) is 22.8 Å². The number of aromatic amines is 1. The fourth-order valence-electron chi connectivity index (χ4n) is 3.71. The van der Waals surface area contributed by atoms with E-state index in [2.05, 4.69) is 20.4 Å². The number of methoxy groups -OCH3 is 1. The second kappa shape index (κ2) is 9.45. The Morgan fingerprint density at radius 2 is 2.10 bits per heavy atom. The van der Waals surface area contributed by atoms with Crippen molar-refractivity contribution in [3.63, 3.8) is 0 Å². The van der Waals surface area contributed by atoms with E-state index in [-0.39, 0.29) is 12.0 Å². The van der Waals surface area contributed by atoms with E-state index >= 15 is 0 Å². The number of carbonyl (C=O) groups is 1. The van der Waals surface area contributed by atoms with Gasteiger partial charge in [0.25, 0.3) is 0 Å². The van der Waals surface area contributed by atoms with Crippen molar-refractivity contribution in [3.05, 3.63) is 77.6 Å². The Labute approximate surface area is 176 Å². The predicted octanol–water partition coefficient (Wildman–Crippen LogP) is 2.71. The molecule has 7 nitrogen and oxygen atoms in total. The zero-order valence-corrected chi connectivity index (χ0v) is 17.0. The third-order valence-electron chi connectivity index (χ3n) is 5.20. The third-order valence-corrected chi connectivity index (χ3v) is 5.20. The van der Waals surface area contributed by atoms with Crippen LogP contribution in [0.15, 0.2) is 60.9 Å². The number of rotatable bonds is 7. The smallest absolute Gasteiger partial charge is 0.234 e. The minimum atomic E-state index is -0.233. The molecule has 1 atom stereocenters. The summed E-state index contributed by atoms with van der Waals surface area (Å²) in [6, 6.07) is 15.9. The molecule has 1 aliphatic heterocycles. The van der Waals surface area contributed by atoms with Crippen molar-refractivity contribution < 1.29 is 14.3 Å². The normalized spacial score (nSPS) is 16.2. The number of nitrogens with zero attached hydrogens (tertiary/aromatic N) is 2. The highest BCUT2D eigenvalue weighted by Gasteiger charge is 2.27. The van der Waals surface area contributed by atoms with E-state index in [4.69, 9.17) is 9.47 Å². The van der Waals surface area contributed by atoms with Gasteiger partial charge >= 0.3 is 0 Å². The van der Waals surface area contributed by atoms with Gasteiger partial charge in [0, 0.05) is 37.0 Å². The van der Waals surface area contributed by atoms with Gasteiger partial charge in [-0.15, -0.1) is 0 Å². The molecule has 2 heterocycles. The summed E-state index contributed by atoms with van der Waals surface area (Å²) in [6.07, 6.45) is 4.13. The lowest BCUT2D eigenvalue weighted by Crippen LogP contribution is -2.39. The predicted molar refractivity (Wildman–Crippen MR) is 113 cm³/mol. The van der Waals surface area contributed by atoms with Crippen molar-refractivity contribution >= 4 is 5.91 Å². The Bertz CT molecular complexity index is 974. The topological polar surface area (TPSA) is 79.5 Å². The fourth-order valence-corrected chi connectivity index (χ4v) is 3.71. The minimum Gasteiger partial charge on any atom is -0.496 e. The Morgan fingerprint density at radius 3 is 2.93 bits per heavy atom. The maximum absolute atomic E-state index is 12.6. The molecule has 0 radical (unpaired) electrons. The molecule has 4 rings (SSSR count). The fraction of sp³-hybridized carbons (Fsp3) is 0.304. The number of nitrogens with one attached hydrogen (secondary N) is 2. The van der Waals surface area contributed by atoms with Crippen molar-refractivity contribution in [2.24, 2.45) is 0 Å². The maximum atomic E-state index is 12.6. The Balaban J connectivity index is 1.47. The van der Waals surface area contributed by atoms with Gasteiger partial charge < -0.3 is 14.8 Å². The molecule has 0 spiro atoms. The lowest BCUT2D eigenvalue weighted by atomic mass is 10.1. The number of ether oxygens (including phenoxy) is 2. The van der Waals surface area contributed by atoms with Crippen molar-refractivity contribution in [2.45, 2.75) is 19.1 Å². The molecule has 0 unspecified atom stereocenters. The van der Waals surface area contributed by atoms with E-state index in [9.17, 15) is 4.79 Å². The number of carbonyl (C=O) groups excluding carboxylic acids is 1. The summed E-state index contributed by atoms with van der Waals surface area (Å²) in [5.74, 6) is 1.62. The molecule has 0 fully saturated rings. The first-order valence-electron chi connectivity index (χ1n) is 10.1. The molecule has 30 heavy (non-hydrogen) atoms. The standard InChI is InChI=1S/C23H26N4O3/c1-29-21-9-5-3-7-19(21)22-15-27(14-18-6-2-4-8-20(18)30-22)16-23(28)24-11-10-17-12-25-26-13-17/h2-9,12-13,22H,10-11,14-16H2,1H3,(H,24,28)(H,25,26)/t22-/m0/s1. The highest BCUT2D eigenvalue weighted by atomic mass is 16.5. The SMILES string of the molecule is COc1ccccc1[C@@H]1CN(CC(=O)NCCc2cn[nH]c2)Cc2ccccc2O1. The van der Waals surface area contributed by atoms with Crippen LogP contribution in [0.2, 0.25) is 0 Å². The first-order valence-corrected chi connectivity index (χ1v) is 10.1. The van der Waals surface area contributed by atoms with Crippen LogP contribution in [0.4, 0.5) is 0 Å². The van der Waals surface area contributed by atoms with Crippen LogP contribution in [-0.4, -0.2) is 47.7 Å². The molecule has 1 amide bonds. The van der Waals surface area contributed by atoms with Gasteiger partial charge in [0.05, 0.1) is 19.9 Å². The van der Waals surface area contributed by atoms with Crippen LogP contribution in [0.25, 0.3) is 0 Å². The quantitative estimate of drug-likeness (QED) is 0.631. The molecule has 156 valence electrons. The second-order valence-corrected chi connectivity index (χ2v) is 7.33. The molecule has 0 bridgehead atoms. The van der Waals surface area contributed by atoms with Crippen LogP contribution < -0.4 is 14.8 Å². The molecule has 1 aliphatic rings. The first kappa shape index (κ1) is 20.0. The molecule has 1 aromatic heterocycles. The maximum Gasteiger partial charge on any atom is 0.234 e. The minimum absolute atomic E-state index is 0.00310. The molecule has 2 aromatic carbocycles. The third kappa shape index (κ3) is 4.80. The number of amides is 1. The first-order chi connectivity index (χ1) is 14.7. The monoisotopic (exact) mass is 406 g/mol. The van der Waals surface area contributed by atoms with Gasteiger partial charge in [-0.1, -0.05) is 36.4 Å². The lowest BCUT2D eigenvalue weighted by Gasteiger charge is -2.24. The van der Waals surface area contributed by atoms with E-state index in [1.165, 1.54) is 0 Å². The van der Waals surface area contributed by atoms with Gasteiger partial charge in [0.1, 0.15) is 17.6 Å². The van der Waals surface area contributed by atoms with Gasteiger partial charge in [0.2, 0.25) is 5.91 Å². The Hall–Kier alpha value is -3.32. The molecule has 0 aliphatic carbocycles. The number of para-hydroxylation sites is 2. The Kier molecular flexibility index (Phi) is 6.29. The number of H-pyrrole nitrogens is 1. The summed E-state index contributed by atoms with van der Waals surface area (Å²) in [4.78, 5) is 14.7. The molecule has 2 N–H and O–H groups in total. The summed E-state index contributed by atoms with van der Waals surface area (Å²) in [5.41, 5.74) is 3.12. The molecular formula is C23H26N4O3. The number of fused-ring (bicyclic) bond motifs is 1. The van der Waals surface area contributed by atoms with Gasteiger partial charge in [-0.3, -0.25) is 14.8 Å². The number of benzene rings is 2. The van der Waals surface area contributed by atoms with E-state index < -0.39 is 0 Å². The van der Waals surface area contributed by atoms with Crippen LogP contribution in [0.5, 0.6) is 11.5 Å². The van der Waals surface area contributed by atoms with Crippen LogP contribution in [-0.2, 0) is 17.8 Å². The molecular weight excluding hydrogens is 380 g/mol. The van der Waals surface area contributed by atoms with Crippen molar-refractivity contribution in [2.75, 3.05) is 26.7 Å². The van der Waals surface area contributed by atoms with Crippen molar-refractivity contribution in [1.29, 1.82) is 0 Å². The van der Waals surface area contributed by atoms with E-state index in [0.29, 0.717) is 26.2 Å². The van der Waals surface area contributed by atoms with Crippen LogP contribution in [0.3, 0.4) is 0 Å². The molecule has 0 saturated carbocycles. The van der Waals surface area contributed by atoms with Gasteiger partial charge in [-0.05, 0) is 24.1 Å². The van der Waals surface area contributed by atoms with E-state index in [1.807, 2.05) is 54.7 Å². The molecule has 7 heteroatoms. The van der Waals surface area contributed by atoms with E-state index in [0.717, 1.165) is 34.6 Å². The molecule has 0 saturated heterocycles. The number of hydrogen-bond acceptors (Lipinski definition) is 5. The van der Waals surface area contributed by atoms with Crippen molar-refractivity contribution in [3.8, 4) is 11.5 Å². The zero-order valence-electron chi connectivity index (χ0n) is 17.0. The molecule has 3 aromatic rings. The summed E-state index contributed by atoms with van der Waals surface area (Å²) in [7, 11) is 1.66. The van der Waals surface area contributed by atoms with Gasteiger partial charge in [-0.25, -0.2) is 0 Å². The summed E-state index contributed by atoms with van der Waals surface area (Å²) in [6.45, 7) is 2.12. The van der Waals surface area contributed by atoms with Gasteiger partial charge in [0.15, 0.2) is 0 Å². The summed E-state index contributed by atoms with van der Waals surface area (Å²) < 4.78 is 11.9. The average Bonchev–Trinajstić information content (AvgIpc) is 3.21. The average molecular weight is 406 g/mol. The van der Waals surface area contributed by atoms with Gasteiger partial charge in [-0.2, -0.15) is 5.10 Å². The van der Waals surface area contributed by atoms with E-state index in [1.54, 1.807) is 13.3 Å².